The Morgan fingerprint density at radius 1 is 1.24 bits per heavy atom. The van der Waals surface area contributed by atoms with Crippen LogP contribution in [-0.4, -0.2) is 44.5 Å². The third-order valence-corrected chi connectivity index (χ3v) is 7.37. The molecule has 2 fully saturated rings. The van der Waals surface area contributed by atoms with Crippen molar-refractivity contribution in [3.05, 3.63) is 47.9 Å². The van der Waals surface area contributed by atoms with E-state index in [1.165, 1.54) is 12.3 Å². The summed E-state index contributed by atoms with van der Waals surface area (Å²) in [5.74, 6) is 0.286. The highest BCUT2D eigenvalue weighted by atomic mass is 32.2. The third kappa shape index (κ3) is 4.94. The van der Waals surface area contributed by atoms with Crippen LogP contribution in [0.25, 0.3) is 11.3 Å². The van der Waals surface area contributed by atoms with Crippen LogP contribution in [-0.2, 0) is 14.8 Å². The van der Waals surface area contributed by atoms with E-state index in [2.05, 4.69) is 9.71 Å². The van der Waals surface area contributed by atoms with Crippen molar-refractivity contribution in [3.8, 4) is 17.0 Å². The maximum Gasteiger partial charge on any atom is 0.214 e. The minimum Gasteiger partial charge on any atom is -0.493 e. The Balaban J connectivity index is 1.38. The Labute approximate surface area is 170 Å². The SMILES string of the molecule is Cc1cc(F)cnc1-c1ccc(OCC2COCCC2NS(=O)(=O)C2CC2)cc1. The Hall–Kier alpha value is -2.03. The Bertz CT molecular complexity index is 961. The van der Waals surface area contributed by atoms with Crippen LogP contribution in [0.2, 0.25) is 0 Å². The molecule has 29 heavy (non-hydrogen) atoms. The zero-order valence-corrected chi connectivity index (χ0v) is 17.1. The zero-order chi connectivity index (χ0) is 20.4. The van der Waals surface area contributed by atoms with Crippen LogP contribution < -0.4 is 9.46 Å². The van der Waals surface area contributed by atoms with Gasteiger partial charge in [0.05, 0.1) is 30.4 Å². The first-order valence-corrected chi connectivity index (χ1v) is 11.4. The lowest BCUT2D eigenvalue weighted by Crippen LogP contribution is -2.48. The summed E-state index contributed by atoms with van der Waals surface area (Å²) in [5.41, 5.74) is 2.38. The number of sulfonamides is 1. The lowest BCUT2D eigenvalue weighted by atomic mass is 9.98. The highest BCUT2D eigenvalue weighted by molar-refractivity contribution is 7.90. The molecule has 0 radical (unpaired) electrons. The van der Waals surface area contributed by atoms with Crippen LogP contribution in [0.3, 0.4) is 0 Å². The van der Waals surface area contributed by atoms with E-state index >= 15 is 0 Å². The van der Waals surface area contributed by atoms with Crippen LogP contribution >= 0.6 is 0 Å². The molecule has 156 valence electrons. The fourth-order valence-electron chi connectivity index (χ4n) is 3.56. The maximum absolute atomic E-state index is 13.3. The Kier molecular flexibility index (Phi) is 5.85. The normalized spacial score (nSPS) is 22.4. The number of nitrogens with one attached hydrogen (secondary N) is 1. The largest absolute Gasteiger partial charge is 0.493 e. The summed E-state index contributed by atoms with van der Waals surface area (Å²) in [6.45, 7) is 3.20. The number of hydrogen-bond donors (Lipinski definition) is 1. The highest BCUT2D eigenvalue weighted by Gasteiger charge is 2.39. The average Bonchev–Trinajstić information content (AvgIpc) is 3.54. The topological polar surface area (TPSA) is 77.5 Å². The van der Waals surface area contributed by atoms with Gasteiger partial charge in [-0.1, -0.05) is 0 Å². The number of nitrogens with zero attached hydrogens (tertiary/aromatic N) is 1. The minimum absolute atomic E-state index is 0.0436. The minimum atomic E-state index is -3.24. The van der Waals surface area contributed by atoms with Gasteiger partial charge in [-0.2, -0.15) is 0 Å². The number of ether oxygens (including phenoxy) is 2. The Morgan fingerprint density at radius 3 is 2.69 bits per heavy atom. The van der Waals surface area contributed by atoms with Gasteiger partial charge >= 0.3 is 0 Å². The molecular formula is C21H25FN2O4S. The second kappa shape index (κ2) is 8.38. The molecule has 0 bridgehead atoms. The maximum atomic E-state index is 13.3. The Morgan fingerprint density at radius 2 is 2.00 bits per heavy atom. The molecule has 1 aliphatic carbocycles. The second-order valence-electron chi connectivity index (χ2n) is 7.75. The molecule has 2 unspecified atom stereocenters. The number of rotatable bonds is 7. The molecule has 8 heteroatoms. The number of aryl methyl sites for hydroxylation is 1. The number of aromatic nitrogens is 1. The van der Waals surface area contributed by atoms with Crippen molar-refractivity contribution in [2.75, 3.05) is 19.8 Å². The van der Waals surface area contributed by atoms with Crippen molar-refractivity contribution in [3.63, 3.8) is 0 Å². The summed E-state index contributed by atoms with van der Waals surface area (Å²) < 4.78 is 52.1. The molecule has 1 N–H and O–H groups in total. The van der Waals surface area contributed by atoms with E-state index in [4.69, 9.17) is 9.47 Å². The second-order valence-corrected chi connectivity index (χ2v) is 9.74. The first-order chi connectivity index (χ1) is 13.9. The van der Waals surface area contributed by atoms with Gasteiger partial charge < -0.3 is 9.47 Å². The fourth-order valence-corrected chi connectivity index (χ4v) is 5.24. The molecule has 0 spiro atoms. The highest BCUT2D eigenvalue weighted by Crippen LogP contribution is 2.29. The molecule has 2 aromatic rings. The average molecular weight is 421 g/mol. The van der Waals surface area contributed by atoms with Gasteiger partial charge in [0.2, 0.25) is 10.0 Å². The van der Waals surface area contributed by atoms with Crippen LogP contribution in [0.15, 0.2) is 36.5 Å². The zero-order valence-electron chi connectivity index (χ0n) is 16.3. The summed E-state index contributed by atoms with van der Waals surface area (Å²) in [5, 5.41) is -0.233. The monoisotopic (exact) mass is 420 g/mol. The van der Waals surface area contributed by atoms with Crippen molar-refractivity contribution < 1.29 is 22.3 Å². The van der Waals surface area contributed by atoms with Gasteiger partial charge in [-0.15, -0.1) is 0 Å². The lowest BCUT2D eigenvalue weighted by Gasteiger charge is -2.31. The quantitative estimate of drug-likeness (QED) is 0.745. The van der Waals surface area contributed by atoms with Gasteiger partial charge in [0, 0.05) is 24.1 Å². The fraction of sp³-hybridized carbons (Fsp3) is 0.476. The standard InChI is InChI=1S/C21H25FN2O4S/c1-14-10-17(22)11-23-21(14)15-2-4-18(5-3-15)28-13-16-12-27-9-8-20(16)24-29(25,26)19-6-7-19/h2-5,10-11,16,19-20,24H,6-9,12-13H2,1H3. The first kappa shape index (κ1) is 20.3. The molecule has 0 amide bonds. The van der Waals surface area contributed by atoms with Crippen LogP contribution in [0.1, 0.15) is 24.8 Å². The lowest BCUT2D eigenvalue weighted by molar-refractivity contribution is 0.0186. The molecular weight excluding hydrogens is 395 g/mol. The van der Waals surface area contributed by atoms with E-state index < -0.39 is 10.0 Å². The molecule has 1 aromatic heterocycles. The smallest absolute Gasteiger partial charge is 0.214 e. The molecule has 1 aromatic carbocycles. The van der Waals surface area contributed by atoms with E-state index in [9.17, 15) is 12.8 Å². The van der Waals surface area contributed by atoms with Gasteiger partial charge in [-0.25, -0.2) is 17.5 Å². The third-order valence-electron chi connectivity index (χ3n) is 5.39. The number of pyridine rings is 1. The van der Waals surface area contributed by atoms with Crippen LogP contribution in [0, 0.1) is 18.7 Å². The van der Waals surface area contributed by atoms with E-state index in [1.807, 2.05) is 31.2 Å². The number of hydrogen-bond acceptors (Lipinski definition) is 5. The van der Waals surface area contributed by atoms with Gasteiger partial charge in [-0.3, -0.25) is 4.98 Å². The van der Waals surface area contributed by atoms with Crippen molar-refractivity contribution in [2.24, 2.45) is 5.92 Å². The predicted octanol–water partition coefficient (Wildman–Crippen LogP) is 3.06. The van der Waals surface area contributed by atoms with E-state index in [0.717, 1.165) is 29.7 Å². The summed E-state index contributed by atoms with van der Waals surface area (Å²) in [7, 11) is -3.24. The van der Waals surface area contributed by atoms with E-state index in [-0.39, 0.29) is 23.0 Å². The van der Waals surface area contributed by atoms with Crippen LogP contribution in [0.5, 0.6) is 5.75 Å². The summed E-state index contributed by atoms with van der Waals surface area (Å²) in [4.78, 5) is 4.16. The predicted molar refractivity (Wildman–Crippen MR) is 108 cm³/mol. The number of halogens is 1. The molecule has 6 nitrogen and oxygen atoms in total. The number of benzene rings is 1. The molecule has 2 atom stereocenters. The van der Waals surface area contributed by atoms with Crippen molar-refractivity contribution in [2.45, 2.75) is 37.5 Å². The molecule has 1 saturated heterocycles. The van der Waals surface area contributed by atoms with Crippen molar-refractivity contribution >= 4 is 10.0 Å². The summed E-state index contributed by atoms with van der Waals surface area (Å²) >= 11 is 0. The molecule has 4 rings (SSSR count). The summed E-state index contributed by atoms with van der Waals surface area (Å²) in [6, 6.07) is 8.73. The first-order valence-electron chi connectivity index (χ1n) is 9.86. The van der Waals surface area contributed by atoms with Crippen molar-refractivity contribution in [1.82, 2.24) is 9.71 Å². The van der Waals surface area contributed by atoms with E-state index in [1.54, 1.807) is 0 Å². The molecule has 1 aliphatic heterocycles. The molecule has 1 saturated carbocycles. The van der Waals surface area contributed by atoms with Crippen LogP contribution in [0.4, 0.5) is 4.39 Å². The van der Waals surface area contributed by atoms with Crippen molar-refractivity contribution in [1.29, 1.82) is 0 Å². The van der Waals surface area contributed by atoms with E-state index in [0.29, 0.717) is 32.0 Å². The van der Waals surface area contributed by atoms with Gasteiger partial charge in [0.1, 0.15) is 11.6 Å². The summed E-state index contributed by atoms with van der Waals surface area (Å²) in [6.07, 6.45) is 3.34. The molecule has 2 aliphatic rings. The van der Waals surface area contributed by atoms with Gasteiger partial charge in [0.25, 0.3) is 0 Å². The van der Waals surface area contributed by atoms with Gasteiger partial charge in [-0.05, 0) is 62.1 Å². The van der Waals surface area contributed by atoms with Gasteiger partial charge in [0.15, 0.2) is 0 Å². The molecule has 2 heterocycles.